The lowest BCUT2D eigenvalue weighted by atomic mass is 10.2. The van der Waals surface area contributed by atoms with Gasteiger partial charge in [0.25, 0.3) is 0 Å². The van der Waals surface area contributed by atoms with Crippen LogP contribution in [-0.2, 0) is 22.5 Å². The van der Waals surface area contributed by atoms with Crippen LogP contribution in [0.1, 0.15) is 30.3 Å². The Labute approximate surface area is 118 Å². The molecular weight excluding hydrogens is 262 g/mol. The van der Waals surface area contributed by atoms with Crippen molar-refractivity contribution in [2.45, 2.75) is 32.7 Å². The van der Waals surface area contributed by atoms with E-state index in [2.05, 4.69) is 22.1 Å². The van der Waals surface area contributed by atoms with Gasteiger partial charge in [-0.05, 0) is 13.0 Å². The summed E-state index contributed by atoms with van der Waals surface area (Å²) < 4.78 is 4.93. The SMILES string of the molecule is CCN1CCc2nc(NC(=O)CCCOC)sc2C1. The molecule has 0 unspecified atom stereocenters. The number of nitrogens with zero attached hydrogens (tertiary/aromatic N) is 2. The molecule has 1 amide bonds. The number of carbonyl (C=O) groups excluding carboxylic acids is 1. The summed E-state index contributed by atoms with van der Waals surface area (Å²) in [6.07, 6.45) is 2.22. The van der Waals surface area contributed by atoms with Crippen LogP contribution in [-0.4, -0.2) is 42.6 Å². The third-order valence-corrected chi connectivity index (χ3v) is 4.25. The van der Waals surface area contributed by atoms with E-state index in [1.54, 1.807) is 18.4 Å². The smallest absolute Gasteiger partial charge is 0.226 e. The van der Waals surface area contributed by atoms with Crippen LogP contribution in [0.25, 0.3) is 0 Å². The molecule has 106 valence electrons. The monoisotopic (exact) mass is 283 g/mol. The first-order valence-electron chi connectivity index (χ1n) is 6.72. The fourth-order valence-electron chi connectivity index (χ4n) is 2.13. The summed E-state index contributed by atoms with van der Waals surface area (Å²) in [5.41, 5.74) is 1.15. The number of fused-ring (bicyclic) bond motifs is 1. The van der Waals surface area contributed by atoms with Crippen molar-refractivity contribution in [2.75, 3.05) is 32.1 Å². The molecule has 0 saturated carbocycles. The summed E-state index contributed by atoms with van der Waals surface area (Å²) in [5.74, 6) is 0.0236. The van der Waals surface area contributed by atoms with Crippen LogP contribution in [0.3, 0.4) is 0 Å². The second-order valence-corrected chi connectivity index (χ2v) is 5.74. The zero-order chi connectivity index (χ0) is 13.7. The molecule has 0 fully saturated rings. The minimum atomic E-state index is 0.0236. The van der Waals surface area contributed by atoms with E-state index >= 15 is 0 Å². The molecule has 1 aliphatic rings. The predicted molar refractivity (Wildman–Crippen MR) is 76.5 cm³/mol. The van der Waals surface area contributed by atoms with E-state index in [-0.39, 0.29) is 5.91 Å². The van der Waals surface area contributed by atoms with E-state index in [9.17, 15) is 4.79 Å². The standard InChI is InChI=1S/C13H21N3O2S/c1-3-16-7-6-10-11(9-16)19-13(14-10)15-12(17)5-4-8-18-2/h3-9H2,1-2H3,(H,14,15,17). The topological polar surface area (TPSA) is 54.5 Å². The number of likely N-dealkylation sites (N-methyl/N-ethyl adjacent to an activating group) is 1. The Morgan fingerprint density at radius 2 is 2.42 bits per heavy atom. The van der Waals surface area contributed by atoms with E-state index in [4.69, 9.17) is 4.74 Å². The Bertz CT molecular complexity index is 434. The first kappa shape index (κ1) is 14.4. The van der Waals surface area contributed by atoms with Gasteiger partial charge in [-0.25, -0.2) is 4.98 Å². The highest BCUT2D eigenvalue weighted by molar-refractivity contribution is 7.15. The number of aromatic nitrogens is 1. The Kier molecular flexibility index (Phi) is 5.30. The highest BCUT2D eigenvalue weighted by atomic mass is 32.1. The van der Waals surface area contributed by atoms with E-state index in [1.165, 1.54) is 4.88 Å². The zero-order valence-corrected chi connectivity index (χ0v) is 12.4. The maximum absolute atomic E-state index is 11.7. The lowest BCUT2D eigenvalue weighted by Gasteiger charge is -2.23. The number of ether oxygens (including phenoxy) is 1. The van der Waals surface area contributed by atoms with Gasteiger partial charge in [0.1, 0.15) is 0 Å². The average molecular weight is 283 g/mol. The molecule has 1 aliphatic heterocycles. The summed E-state index contributed by atoms with van der Waals surface area (Å²) in [6.45, 7) is 5.88. The van der Waals surface area contributed by atoms with Crippen LogP contribution in [0, 0.1) is 0 Å². The van der Waals surface area contributed by atoms with Gasteiger partial charge in [0.15, 0.2) is 5.13 Å². The van der Waals surface area contributed by atoms with Crippen molar-refractivity contribution >= 4 is 22.4 Å². The zero-order valence-electron chi connectivity index (χ0n) is 11.6. The molecule has 0 saturated heterocycles. The predicted octanol–water partition coefficient (Wildman–Crippen LogP) is 1.89. The van der Waals surface area contributed by atoms with E-state index in [0.717, 1.165) is 43.3 Å². The average Bonchev–Trinajstić information content (AvgIpc) is 2.79. The van der Waals surface area contributed by atoms with Gasteiger partial charge in [-0.3, -0.25) is 9.69 Å². The number of thiazole rings is 1. The summed E-state index contributed by atoms with van der Waals surface area (Å²) >= 11 is 1.61. The Morgan fingerprint density at radius 1 is 1.58 bits per heavy atom. The molecule has 0 aliphatic carbocycles. The van der Waals surface area contributed by atoms with Crippen molar-refractivity contribution in [3.8, 4) is 0 Å². The molecule has 19 heavy (non-hydrogen) atoms. The number of hydrogen-bond donors (Lipinski definition) is 1. The number of nitrogens with one attached hydrogen (secondary N) is 1. The van der Waals surface area contributed by atoms with Gasteiger partial charge in [0.2, 0.25) is 5.91 Å². The van der Waals surface area contributed by atoms with E-state index in [1.807, 2.05) is 0 Å². The van der Waals surface area contributed by atoms with Crippen molar-refractivity contribution in [3.05, 3.63) is 10.6 Å². The van der Waals surface area contributed by atoms with Crippen LogP contribution < -0.4 is 5.32 Å². The number of carbonyl (C=O) groups is 1. The summed E-state index contributed by atoms with van der Waals surface area (Å²) in [4.78, 5) is 19.9. The van der Waals surface area contributed by atoms with Crippen molar-refractivity contribution in [2.24, 2.45) is 0 Å². The van der Waals surface area contributed by atoms with E-state index in [0.29, 0.717) is 13.0 Å². The minimum absolute atomic E-state index is 0.0236. The molecule has 0 aromatic carbocycles. The van der Waals surface area contributed by atoms with Gasteiger partial charge in [-0.2, -0.15) is 0 Å². The molecule has 5 nitrogen and oxygen atoms in total. The minimum Gasteiger partial charge on any atom is -0.385 e. The van der Waals surface area contributed by atoms with Gasteiger partial charge >= 0.3 is 0 Å². The molecular formula is C13H21N3O2S. The third-order valence-electron chi connectivity index (χ3n) is 3.26. The first-order valence-corrected chi connectivity index (χ1v) is 7.54. The molecule has 6 heteroatoms. The third kappa shape index (κ3) is 3.99. The Hall–Kier alpha value is -0.980. The molecule has 2 heterocycles. The molecule has 1 N–H and O–H groups in total. The summed E-state index contributed by atoms with van der Waals surface area (Å²) in [6, 6.07) is 0. The maximum Gasteiger partial charge on any atom is 0.226 e. The second-order valence-electron chi connectivity index (χ2n) is 4.65. The van der Waals surface area contributed by atoms with Crippen LogP contribution in [0.5, 0.6) is 0 Å². The number of amides is 1. The lowest BCUT2D eigenvalue weighted by Crippen LogP contribution is -2.29. The molecule has 0 atom stereocenters. The normalized spacial score (nSPS) is 15.3. The largest absolute Gasteiger partial charge is 0.385 e. The number of hydrogen-bond acceptors (Lipinski definition) is 5. The van der Waals surface area contributed by atoms with Crippen LogP contribution in [0.15, 0.2) is 0 Å². The van der Waals surface area contributed by atoms with Gasteiger partial charge < -0.3 is 10.1 Å². The second kappa shape index (κ2) is 6.98. The maximum atomic E-state index is 11.7. The molecule has 1 aromatic rings. The summed E-state index contributed by atoms with van der Waals surface area (Å²) in [5, 5.41) is 3.63. The molecule has 2 rings (SSSR count). The van der Waals surface area contributed by atoms with Gasteiger partial charge in [-0.1, -0.05) is 6.92 Å². The number of methoxy groups -OCH3 is 1. The highest BCUT2D eigenvalue weighted by Gasteiger charge is 2.20. The van der Waals surface area contributed by atoms with Crippen molar-refractivity contribution < 1.29 is 9.53 Å². The van der Waals surface area contributed by atoms with Gasteiger partial charge in [-0.15, -0.1) is 11.3 Å². The van der Waals surface area contributed by atoms with Crippen LogP contribution in [0.2, 0.25) is 0 Å². The van der Waals surface area contributed by atoms with E-state index < -0.39 is 0 Å². The number of anilines is 1. The van der Waals surface area contributed by atoms with Crippen molar-refractivity contribution in [1.29, 1.82) is 0 Å². The highest BCUT2D eigenvalue weighted by Crippen LogP contribution is 2.28. The molecule has 0 bridgehead atoms. The Morgan fingerprint density at radius 3 is 3.16 bits per heavy atom. The van der Waals surface area contributed by atoms with Crippen LogP contribution >= 0.6 is 11.3 Å². The number of rotatable bonds is 6. The molecule has 0 radical (unpaired) electrons. The van der Waals surface area contributed by atoms with Gasteiger partial charge in [0.05, 0.1) is 5.69 Å². The summed E-state index contributed by atoms with van der Waals surface area (Å²) in [7, 11) is 1.65. The molecule has 1 aromatic heterocycles. The fourth-order valence-corrected chi connectivity index (χ4v) is 3.20. The van der Waals surface area contributed by atoms with Crippen molar-refractivity contribution in [3.63, 3.8) is 0 Å². The quantitative estimate of drug-likeness (QED) is 0.810. The molecule has 0 spiro atoms. The van der Waals surface area contributed by atoms with Crippen LogP contribution in [0.4, 0.5) is 5.13 Å². The first-order chi connectivity index (χ1) is 9.22. The van der Waals surface area contributed by atoms with Crippen molar-refractivity contribution in [1.82, 2.24) is 9.88 Å². The Balaban J connectivity index is 1.88. The fraction of sp³-hybridized carbons (Fsp3) is 0.692. The lowest BCUT2D eigenvalue weighted by molar-refractivity contribution is -0.116. The van der Waals surface area contributed by atoms with Gasteiger partial charge in [0, 0.05) is 44.5 Å².